The normalized spacial score (nSPS) is 19.5. The molecule has 6 heteroatoms. The highest BCUT2D eigenvalue weighted by Crippen LogP contribution is 2.38. The molecule has 0 heterocycles. The molecule has 0 atom stereocenters. The number of aliphatic hydroxyl groups excluding tert-OH is 1. The van der Waals surface area contributed by atoms with Gasteiger partial charge in [-0.15, -0.1) is 0 Å². The maximum Gasteiger partial charge on any atom is 0.294 e. The molecule has 0 spiro atoms. The van der Waals surface area contributed by atoms with Gasteiger partial charge in [-0.3, -0.25) is 14.9 Å². The zero-order valence-electron chi connectivity index (χ0n) is 15.9. The van der Waals surface area contributed by atoms with E-state index < -0.39 is 4.92 Å². The fourth-order valence-electron chi connectivity index (χ4n) is 3.45. The summed E-state index contributed by atoms with van der Waals surface area (Å²) in [5.74, 6) is -0.244. The number of aliphatic hydroxyl groups is 1. The van der Waals surface area contributed by atoms with Gasteiger partial charge in [-0.1, -0.05) is 56.3 Å². The average Bonchev–Trinajstić information content (AvgIpc) is 2.61. The number of hydrogen-bond acceptors (Lipinski definition) is 5. The first kappa shape index (κ1) is 19.5. The van der Waals surface area contributed by atoms with Crippen LogP contribution in [-0.2, 0) is 11.2 Å². The lowest BCUT2D eigenvalue weighted by Gasteiger charge is -2.31. The minimum atomic E-state index is -0.498. The molecule has 0 unspecified atom stereocenters. The van der Waals surface area contributed by atoms with E-state index in [-0.39, 0.29) is 46.7 Å². The zero-order chi connectivity index (χ0) is 20.3. The molecule has 3 rings (SSSR count). The summed E-state index contributed by atoms with van der Waals surface area (Å²) in [6.45, 7) is 3.90. The Kier molecular flexibility index (Phi) is 5.40. The molecule has 0 aliphatic heterocycles. The summed E-state index contributed by atoms with van der Waals surface area (Å²) < 4.78 is 0. The number of Topliss-reactive ketones (excluding diaryl/α,β-unsaturated/α-hetero) is 1. The van der Waals surface area contributed by atoms with Crippen molar-refractivity contribution >= 4 is 22.9 Å². The quantitative estimate of drug-likeness (QED) is 0.346. The number of nitro groups is 1. The molecule has 0 amide bonds. The number of aliphatic imine (C=N–C) groups is 1. The maximum atomic E-state index is 12.8. The molecule has 144 valence electrons. The second-order valence-electron chi connectivity index (χ2n) is 7.73. The van der Waals surface area contributed by atoms with E-state index in [4.69, 9.17) is 0 Å². The average molecular weight is 378 g/mol. The van der Waals surface area contributed by atoms with Crippen molar-refractivity contribution in [2.24, 2.45) is 10.4 Å². The minimum Gasteiger partial charge on any atom is -0.511 e. The van der Waals surface area contributed by atoms with Crippen LogP contribution in [0.15, 0.2) is 70.9 Å². The summed E-state index contributed by atoms with van der Waals surface area (Å²) in [6.07, 6.45) is 0.939. The van der Waals surface area contributed by atoms with Crippen LogP contribution in [0.1, 0.15) is 32.3 Å². The number of allylic oxidation sites excluding steroid dienone is 2. The minimum absolute atomic E-state index is 0.0518. The SMILES string of the molecule is CC1(C)CC(=O)C(=C(O)Cc2ccccc2)C(=Nc2ccccc2[N+](=O)[O-])C1. The number of benzene rings is 2. The van der Waals surface area contributed by atoms with Crippen molar-refractivity contribution in [1.82, 2.24) is 0 Å². The predicted molar refractivity (Wildman–Crippen MR) is 108 cm³/mol. The number of nitro benzene ring substituents is 1. The third kappa shape index (κ3) is 4.34. The Morgan fingerprint density at radius 1 is 1.11 bits per heavy atom. The summed E-state index contributed by atoms with van der Waals surface area (Å²) in [6, 6.07) is 15.5. The Hall–Kier alpha value is -3.28. The van der Waals surface area contributed by atoms with Crippen LogP contribution in [0.2, 0.25) is 0 Å². The fraction of sp³-hybridized carbons (Fsp3) is 0.273. The maximum absolute atomic E-state index is 12.8. The van der Waals surface area contributed by atoms with Gasteiger partial charge in [0.05, 0.1) is 16.2 Å². The monoisotopic (exact) mass is 378 g/mol. The van der Waals surface area contributed by atoms with Crippen LogP contribution in [-0.4, -0.2) is 21.5 Å². The molecular weight excluding hydrogens is 356 g/mol. The molecule has 1 aliphatic carbocycles. The van der Waals surface area contributed by atoms with Gasteiger partial charge in [-0.05, 0) is 23.5 Å². The number of ketones is 1. The molecule has 1 aliphatic rings. The molecule has 0 saturated heterocycles. The molecule has 0 bridgehead atoms. The first-order valence-electron chi connectivity index (χ1n) is 9.07. The summed E-state index contributed by atoms with van der Waals surface area (Å²) in [5, 5.41) is 22.1. The first-order valence-corrected chi connectivity index (χ1v) is 9.07. The van der Waals surface area contributed by atoms with E-state index in [9.17, 15) is 20.0 Å². The number of carbonyl (C=O) groups excluding carboxylic acids is 1. The summed E-state index contributed by atoms with van der Waals surface area (Å²) >= 11 is 0. The topological polar surface area (TPSA) is 92.8 Å². The molecule has 0 aromatic heterocycles. The van der Waals surface area contributed by atoms with Crippen molar-refractivity contribution in [2.75, 3.05) is 0 Å². The Morgan fingerprint density at radius 2 is 1.75 bits per heavy atom. The Labute approximate surface area is 163 Å². The lowest BCUT2D eigenvalue weighted by Crippen LogP contribution is -2.32. The Bertz CT molecular complexity index is 975. The van der Waals surface area contributed by atoms with Crippen LogP contribution >= 0.6 is 0 Å². The second-order valence-corrected chi connectivity index (χ2v) is 7.73. The van der Waals surface area contributed by atoms with Crippen molar-refractivity contribution in [2.45, 2.75) is 33.1 Å². The van der Waals surface area contributed by atoms with E-state index in [0.29, 0.717) is 12.1 Å². The van der Waals surface area contributed by atoms with Gasteiger partial charge in [0.1, 0.15) is 11.4 Å². The number of carbonyl (C=O) groups is 1. The highest BCUT2D eigenvalue weighted by Gasteiger charge is 2.36. The third-order valence-corrected chi connectivity index (χ3v) is 4.69. The number of hydrogen-bond donors (Lipinski definition) is 1. The van der Waals surface area contributed by atoms with E-state index in [2.05, 4.69) is 4.99 Å². The van der Waals surface area contributed by atoms with Gasteiger partial charge in [0.2, 0.25) is 0 Å². The molecule has 6 nitrogen and oxygen atoms in total. The Balaban J connectivity index is 2.10. The van der Waals surface area contributed by atoms with E-state index in [1.54, 1.807) is 18.2 Å². The van der Waals surface area contributed by atoms with Crippen molar-refractivity contribution < 1.29 is 14.8 Å². The van der Waals surface area contributed by atoms with E-state index in [1.807, 2.05) is 44.2 Å². The van der Waals surface area contributed by atoms with E-state index in [1.165, 1.54) is 6.07 Å². The summed E-state index contributed by atoms with van der Waals surface area (Å²) in [7, 11) is 0. The van der Waals surface area contributed by atoms with E-state index >= 15 is 0 Å². The molecule has 1 saturated carbocycles. The molecule has 2 aromatic rings. The van der Waals surface area contributed by atoms with Gasteiger partial charge in [0, 0.05) is 18.9 Å². The molecule has 1 fully saturated rings. The van der Waals surface area contributed by atoms with Crippen LogP contribution < -0.4 is 0 Å². The molecule has 2 aromatic carbocycles. The van der Waals surface area contributed by atoms with Crippen LogP contribution in [0.4, 0.5) is 11.4 Å². The molecule has 1 N–H and O–H groups in total. The predicted octanol–water partition coefficient (Wildman–Crippen LogP) is 5.11. The van der Waals surface area contributed by atoms with E-state index in [0.717, 1.165) is 5.56 Å². The van der Waals surface area contributed by atoms with Gasteiger partial charge < -0.3 is 5.11 Å². The standard InChI is InChI=1S/C22H22N2O4/c1-22(2)13-17(23-16-10-6-7-11-18(16)24(27)28)21(20(26)14-22)19(25)12-15-8-4-3-5-9-15/h3-11,25H,12-14H2,1-2H3. The summed E-state index contributed by atoms with van der Waals surface area (Å²) in [5.41, 5.74) is 1.15. The highest BCUT2D eigenvalue weighted by molar-refractivity contribution is 6.25. The summed E-state index contributed by atoms with van der Waals surface area (Å²) in [4.78, 5) is 28.1. The van der Waals surface area contributed by atoms with Gasteiger partial charge >= 0.3 is 0 Å². The first-order chi connectivity index (χ1) is 13.3. The lowest BCUT2D eigenvalue weighted by molar-refractivity contribution is -0.384. The van der Waals surface area contributed by atoms with Crippen LogP contribution in [0.5, 0.6) is 0 Å². The molecular formula is C22H22N2O4. The Morgan fingerprint density at radius 3 is 2.43 bits per heavy atom. The van der Waals surface area contributed by atoms with Crippen molar-refractivity contribution in [3.63, 3.8) is 0 Å². The second kappa shape index (κ2) is 7.76. The molecule has 0 radical (unpaired) electrons. The van der Waals surface area contributed by atoms with Crippen molar-refractivity contribution in [3.8, 4) is 0 Å². The lowest BCUT2D eigenvalue weighted by atomic mass is 9.73. The van der Waals surface area contributed by atoms with Crippen molar-refractivity contribution in [1.29, 1.82) is 0 Å². The number of rotatable bonds is 4. The number of nitrogens with zero attached hydrogens (tertiary/aromatic N) is 2. The fourth-order valence-corrected chi connectivity index (χ4v) is 3.45. The van der Waals surface area contributed by atoms with Gasteiger partial charge in [0.15, 0.2) is 5.78 Å². The number of para-hydroxylation sites is 2. The van der Waals surface area contributed by atoms with Crippen molar-refractivity contribution in [3.05, 3.63) is 81.6 Å². The van der Waals surface area contributed by atoms with Crippen LogP contribution in [0, 0.1) is 15.5 Å². The van der Waals surface area contributed by atoms with Crippen LogP contribution in [0.25, 0.3) is 0 Å². The zero-order valence-corrected chi connectivity index (χ0v) is 15.9. The van der Waals surface area contributed by atoms with Gasteiger partial charge in [-0.2, -0.15) is 0 Å². The largest absolute Gasteiger partial charge is 0.511 e. The van der Waals surface area contributed by atoms with Gasteiger partial charge in [-0.25, -0.2) is 4.99 Å². The van der Waals surface area contributed by atoms with Gasteiger partial charge in [0.25, 0.3) is 5.69 Å². The van der Waals surface area contributed by atoms with Crippen LogP contribution in [0.3, 0.4) is 0 Å². The third-order valence-electron chi connectivity index (χ3n) is 4.69. The molecule has 28 heavy (non-hydrogen) atoms. The smallest absolute Gasteiger partial charge is 0.294 e. The highest BCUT2D eigenvalue weighted by atomic mass is 16.6.